The maximum Gasteiger partial charge on any atom is 0.257 e. The number of hydrogen-bond acceptors (Lipinski definition) is 5. The van der Waals surface area contributed by atoms with Gasteiger partial charge in [-0.25, -0.2) is 0 Å². The first-order valence-electron chi connectivity index (χ1n) is 8.67. The van der Waals surface area contributed by atoms with Gasteiger partial charge in [0.2, 0.25) is 11.8 Å². The zero-order valence-electron chi connectivity index (χ0n) is 14.8. The number of nitrogens with one attached hydrogen (secondary N) is 1. The van der Waals surface area contributed by atoms with Gasteiger partial charge in [0.15, 0.2) is 5.82 Å². The normalized spacial score (nSPS) is 16.6. The first kappa shape index (κ1) is 17.0. The molecule has 2 amide bonds. The molecule has 1 saturated heterocycles. The summed E-state index contributed by atoms with van der Waals surface area (Å²) in [7, 11) is 0. The van der Waals surface area contributed by atoms with Crippen LogP contribution in [-0.4, -0.2) is 28.5 Å². The van der Waals surface area contributed by atoms with Crippen molar-refractivity contribution in [1.29, 1.82) is 0 Å². The van der Waals surface area contributed by atoms with E-state index in [2.05, 4.69) is 15.5 Å². The number of aromatic nitrogens is 2. The number of amides is 2. The largest absolute Gasteiger partial charge is 0.334 e. The van der Waals surface area contributed by atoms with Crippen LogP contribution in [-0.2, 0) is 9.59 Å². The Labute approximate surface area is 156 Å². The molecule has 2 aromatic carbocycles. The van der Waals surface area contributed by atoms with E-state index < -0.39 is 0 Å². The lowest BCUT2D eigenvalue weighted by Gasteiger charge is -2.16. The monoisotopic (exact) mass is 362 g/mol. The zero-order valence-corrected chi connectivity index (χ0v) is 14.8. The first-order valence-corrected chi connectivity index (χ1v) is 8.67. The molecule has 7 heteroatoms. The van der Waals surface area contributed by atoms with Crippen LogP contribution in [0.3, 0.4) is 0 Å². The lowest BCUT2D eigenvalue weighted by Crippen LogP contribution is -2.28. The number of rotatable bonds is 4. The molecule has 1 aliphatic rings. The molecule has 1 aromatic heterocycles. The minimum atomic E-state index is -0.379. The average molecular weight is 362 g/mol. The second kappa shape index (κ2) is 7.03. The van der Waals surface area contributed by atoms with Gasteiger partial charge in [-0.15, -0.1) is 0 Å². The van der Waals surface area contributed by atoms with E-state index in [1.165, 1.54) is 0 Å². The molecule has 2 heterocycles. The summed E-state index contributed by atoms with van der Waals surface area (Å²) >= 11 is 0. The highest BCUT2D eigenvalue weighted by Crippen LogP contribution is 2.26. The molecular weight excluding hydrogens is 344 g/mol. The summed E-state index contributed by atoms with van der Waals surface area (Å²) in [6.45, 7) is 2.14. The summed E-state index contributed by atoms with van der Waals surface area (Å²) in [4.78, 5) is 30.7. The van der Waals surface area contributed by atoms with Crippen molar-refractivity contribution >= 4 is 23.2 Å². The summed E-state index contributed by atoms with van der Waals surface area (Å²) in [6.07, 6.45) is 0.208. The van der Waals surface area contributed by atoms with Gasteiger partial charge in [0, 0.05) is 29.9 Å². The molecule has 0 radical (unpaired) electrons. The number of aryl methyl sites for hydroxylation is 1. The van der Waals surface area contributed by atoms with E-state index in [0.29, 0.717) is 23.9 Å². The van der Waals surface area contributed by atoms with E-state index in [1.54, 1.807) is 36.1 Å². The lowest BCUT2D eigenvalue weighted by atomic mass is 10.1. The fourth-order valence-corrected chi connectivity index (χ4v) is 3.10. The molecule has 0 aliphatic carbocycles. The first-order chi connectivity index (χ1) is 13.1. The van der Waals surface area contributed by atoms with Gasteiger partial charge in [0.1, 0.15) is 0 Å². The molecule has 0 saturated carbocycles. The molecular formula is C20H18N4O3. The number of para-hydroxylation sites is 1. The molecule has 0 bridgehead atoms. The lowest BCUT2D eigenvalue weighted by molar-refractivity contribution is -0.122. The Balaban J connectivity index is 1.41. The molecule has 1 N–H and O–H groups in total. The average Bonchev–Trinajstić information content (AvgIpc) is 3.29. The maximum absolute atomic E-state index is 12.6. The van der Waals surface area contributed by atoms with E-state index in [0.717, 1.165) is 11.3 Å². The van der Waals surface area contributed by atoms with Crippen LogP contribution in [0.4, 0.5) is 11.4 Å². The fourth-order valence-electron chi connectivity index (χ4n) is 3.10. The third kappa shape index (κ3) is 3.57. The van der Waals surface area contributed by atoms with Crippen molar-refractivity contribution in [3.8, 4) is 11.5 Å². The Hall–Kier alpha value is -3.48. The molecule has 1 fully saturated rings. The Morgan fingerprint density at radius 2 is 1.89 bits per heavy atom. The van der Waals surface area contributed by atoms with Gasteiger partial charge >= 0.3 is 0 Å². The van der Waals surface area contributed by atoms with E-state index in [1.807, 2.05) is 30.3 Å². The van der Waals surface area contributed by atoms with Gasteiger partial charge in [-0.1, -0.05) is 23.4 Å². The Kier molecular flexibility index (Phi) is 4.42. The summed E-state index contributed by atoms with van der Waals surface area (Å²) in [5.41, 5.74) is 2.25. The predicted octanol–water partition coefficient (Wildman–Crippen LogP) is 3.04. The number of carbonyl (C=O) groups excluding carboxylic acids is 2. The smallest absolute Gasteiger partial charge is 0.257 e. The van der Waals surface area contributed by atoms with Crippen LogP contribution in [0.5, 0.6) is 0 Å². The van der Waals surface area contributed by atoms with Crippen LogP contribution in [0, 0.1) is 12.8 Å². The van der Waals surface area contributed by atoms with E-state index >= 15 is 0 Å². The minimum Gasteiger partial charge on any atom is -0.334 e. The number of benzene rings is 2. The van der Waals surface area contributed by atoms with E-state index in [9.17, 15) is 9.59 Å². The standard InChI is InChI=1S/C20H18N4O3/c1-13-21-20(27-23-13)14-7-9-16(10-8-14)22-19(26)15-11-18(25)24(12-15)17-5-3-2-4-6-17/h2-10,15H,11-12H2,1H3,(H,22,26)/t15-/m1/s1. The summed E-state index contributed by atoms with van der Waals surface area (Å²) < 4.78 is 5.13. The third-order valence-corrected chi connectivity index (χ3v) is 4.49. The molecule has 27 heavy (non-hydrogen) atoms. The minimum absolute atomic E-state index is 0.0385. The van der Waals surface area contributed by atoms with Crippen molar-refractivity contribution in [2.45, 2.75) is 13.3 Å². The van der Waals surface area contributed by atoms with Gasteiger partial charge in [0.25, 0.3) is 5.89 Å². The second-order valence-corrected chi connectivity index (χ2v) is 6.45. The van der Waals surface area contributed by atoms with E-state index in [4.69, 9.17) is 4.52 Å². The van der Waals surface area contributed by atoms with Crippen molar-refractivity contribution in [3.05, 3.63) is 60.4 Å². The second-order valence-electron chi connectivity index (χ2n) is 6.45. The molecule has 136 valence electrons. The fraction of sp³-hybridized carbons (Fsp3) is 0.200. The number of anilines is 2. The highest BCUT2D eigenvalue weighted by atomic mass is 16.5. The highest BCUT2D eigenvalue weighted by molar-refractivity contribution is 6.03. The van der Waals surface area contributed by atoms with Gasteiger partial charge < -0.3 is 14.7 Å². The predicted molar refractivity (Wildman–Crippen MR) is 100 cm³/mol. The highest BCUT2D eigenvalue weighted by Gasteiger charge is 2.35. The van der Waals surface area contributed by atoms with Gasteiger partial charge in [-0.2, -0.15) is 4.98 Å². The number of hydrogen-bond donors (Lipinski definition) is 1. The molecule has 1 atom stereocenters. The number of carbonyl (C=O) groups is 2. The molecule has 7 nitrogen and oxygen atoms in total. The van der Waals surface area contributed by atoms with Crippen molar-refractivity contribution in [1.82, 2.24) is 10.1 Å². The Morgan fingerprint density at radius 3 is 2.56 bits per heavy atom. The van der Waals surface area contributed by atoms with Crippen LogP contribution >= 0.6 is 0 Å². The maximum atomic E-state index is 12.6. The summed E-state index contributed by atoms with van der Waals surface area (Å²) in [5, 5.41) is 6.64. The molecule has 0 unspecified atom stereocenters. The zero-order chi connectivity index (χ0) is 18.8. The summed E-state index contributed by atoms with van der Waals surface area (Å²) in [6, 6.07) is 16.6. The van der Waals surface area contributed by atoms with Crippen molar-refractivity contribution in [2.75, 3.05) is 16.8 Å². The topological polar surface area (TPSA) is 88.3 Å². The Bertz CT molecular complexity index is 966. The number of nitrogens with zero attached hydrogens (tertiary/aromatic N) is 3. The van der Waals surface area contributed by atoms with Gasteiger partial charge in [-0.05, 0) is 43.3 Å². The molecule has 0 spiro atoms. The van der Waals surface area contributed by atoms with Crippen LogP contribution < -0.4 is 10.2 Å². The van der Waals surface area contributed by atoms with Crippen LogP contribution in [0.2, 0.25) is 0 Å². The summed E-state index contributed by atoms with van der Waals surface area (Å²) in [5.74, 6) is 0.420. The molecule has 4 rings (SSSR count). The van der Waals surface area contributed by atoms with Crippen molar-refractivity contribution in [2.24, 2.45) is 5.92 Å². The van der Waals surface area contributed by atoms with Crippen molar-refractivity contribution < 1.29 is 14.1 Å². The van der Waals surface area contributed by atoms with Gasteiger partial charge in [-0.3, -0.25) is 9.59 Å². The Morgan fingerprint density at radius 1 is 1.15 bits per heavy atom. The third-order valence-electron chi connectivity index (χ3n) is 4.49. The molecule has 1 aliphatic heterocycles. The quantitative estimate of drug-likeness (QED) is 0.771. The van der Waals surface area contributed by atoms with E-state index in [-0.39, 0.29) is 24.2 Å². The molecule has 3 aromatic rings. The van der Waals surface area contributed by atoms with Crippen molar-refractivity contribution in [3.63, 3.8) is 0 Å². The van der Waals surface area contributed by atoms with Crippen LogP contribution in [0.25, 0.3) is 11.5 Å². The van der Waals surface area contributed by atoms with Crippen LogP contribution in [0.1, 0.15) is 12.2 Å². The van der Waals surface area contributed by atoms with Gasteiger partial charge in [0.05, 0.1) is 5.92 Å². The van der Waals surface area contributed by atoms with Crippen LogP contribution in [0.15, 0.2) is 59.1 Å². The SMILES string of the molecule is Cc1noc(-c2ccc(NC(=O)[C@@H]3CC(=O)N(c4ccccc4)C3)cc2)n1.